The highest BCUT2D eigenvalue weighted by Gasteiger charge is 2.15. The molecule has 2 unspecified atom stereocenters. The van der Waals surface area contributed by atoms with E-state index in [-0.39, 0.29) is 30.1 Å². The van der Waals surface area contributed by atoms with Gasteiger partial charge in [-0.15, -0.1) is 35.3 Å². The lowest BCUT2D eigenvalue weighted by Gasteiger charge is -2.24. The van der Waals surface area contributed by atoms with Crippen molar-refractivity contribution in [3.8, 4) is 0 Å². The van der Waals surface area contributed by atoms with E-state index in [1.54, 1.807) is 13.1 Å². The zero-order valence-electron chi connectivity index (χ0n) is 12.3. The van der Waals surface area contributed by atoms with Crippen LogP contribution in [0.15, 0.2) is 17.1 Å². The van der Waals surface area contributed by atoms with Crippen molar-refractivity contribution in [2.24, 2.45) is 4.99 Å². The zero-order valence-corrected chi connectivity index (χ0v) is 16.2. The van der Waals surface area contributed by atoms with E-state index in [4.69, 9.17) is 21.1 Å². The molecule has 0 amide bonds. The summed E-state index contributed by atoms with van der Waals surface area (Å²) in [4.78, 5) is 4.93. The third-order valence-electron chi connectivity index (χ3n) is 2.99. The molecule has 2 rings (SSSR count). The first-order chi connectivity index (χ1) is 10.2. The maximum Gasteiger partial charge on any atom is 0.191 e. The summed E-state index contributed by atoms with van der Waals surface area (Å²) < 4.78 is 11.5. The lowest BCUT2D eigenvalue weighted by molar-refractivity contribution is -0.0850. The number of guanidine groups is 1. The van der Waals surface area contributed by atoms with Crippen LogP contribution < -0.4 is 10.6 Å². The summed E-state index contributed by atoms with van der Waals surface area (Å²) in [6.07, 6.45) is -0.589. The van der Waals surface area contributed by atoms with E-state index in [0.29, 0.717) is 43.2 Å². The molecule has 1 aromatic heterocycles. The molecule has 2 atom stereocenters. The molecule has 0 aromatic carbocycles. The fraction of sp³-hybridized carbons (Fsp3) is 0.615. The molecule has 1 saturated heterocycles. The summed E-state index contributed by atoms with van der Waals surface area (Å²) in [6, 6.07) is 3.60. The zero-order chi connectivity index (χ0) is 15.1. The van der Waals surface area contributed by atoms with E-state index < -0.39 is 6.10 Å². The molecular weight excluding hydrogens is 441 g/mol. The van der Waals surface area contributed by atoms with Crippen LogP contribution in [0.3, 0.4) is 0 Å². The second-order valence-corrected chi connectivity index (χ2v) is 6.31. The van der Waals surface area contributed by atoms with E-state index in [1.807, 2.05) is 6.07 Å². The van der Waals surface area contributed by atoms with Gasteiger partial charge in [0.15, 0.2) is 5.96 Å². The number of halogens is 2. The van der Waals surface area contributed by atoms with Gasteiger partial charge < -0.3 is 25.2 Å². The summed E-state index contributed by atoms with van der Waals surface area (Å²) in [5.74, 6) is 0.617. The Morgan fingerprint density at radius 3 is 2.91 bits per heavy atom. The van der Waals surface area contributed by atoms with Crippen LogP contribution in [0, 0.1) is 0 Å². The Hall–Kier alpha value is -0.130. The van der Waals surface area contributed by atoms with Crippen LogP contribution in [-0.4, -0.2) is 57.1 Å². The van der Waals surface area contributed by atoms with Gasteiger partial charge in [0.05, 0.1) is 30.3 Å². The molecule has 0 saturated carbocycles. The molecule has 3 N–H and O–H groups in total. The highest BCUT2D eigenvalue weighted by atomic mass is 127. The van der Waals surface area contributed by atoms with E-state index in [9.17, 15) is 5.11 Å². The van der Waals surface area contributed by atoms with Crippen LogP contribution in [0.2, 0.25) is 4.34 Å². The Balaban J connectivity index is 0.00000242. The maximum atomic E-state index is 10.1. The van der Waals surface area contributed by atoms with Gasteiger partial charge in [0.25, 0.3) is 0 Å². The second-order valence-electron chi connectivity index (χ2n) is 4.56. The summed E-state index contributed by atoms with van der Waals surface area (Å²) in [6.45, 7) is 2.83. The first kappa shape index (κ1) is 19.9. The smallest absolute Gasteiger partial charge is 0.191 e. The number of rotatable bonds is 5. The topological polar surface area (TPSA) is 75.1 Å². The monoisotopic (exact) mass is 461 g/mol. The minimum Gasteiger partial charge on any atom is -0.386 e. The van der Waals surface area contributed by atoms with Crippen molar-refractivity contribution in [1.29, 1.82) is 0 Å². The molecule has 0 spiro atoms. The number of ether oxygens (including phenoxy) is 2. The third kappa shape index (κ3) is 6.55. The van der Waals surface area contributed by atoms with Crippen molar-refractivity contribution in [2.45, 2.75) is 12.2 Å². The number of aliphatic hydroxyl groups excluding tert-OH is 1. The average Bonchev–Trinajstić information content (AvgIpc) is 2.95. The highest BCUT2D eigenvalue weighted by Crippen LogP contribution is 2.26. The van der Waals surface area contributed by atoms with Crippen LogP contribution in [-0.2, 0) is 9.47 Å². The Labute approximate surface area is 156 Å². The van der Waals surface area contributed by atoms with Gasteiger partial charge in [-0.2, -0.15) is 0 Å². The van der Waals surface area contributed by atoms with Gasteiger partial charge in [0, 0.05) is 25.0 Å². The van der Waals surface area contributed by atoms with E-state index in [0.717, 1.165) is 4.88 Å². The molecule has 9 heteroatoms. The van der Waals surface area contributed by atoms with Gasteiger partial charge in [-0.25, -0.2) is 0 Å². The standard InChI is InChI=1S/C13H20ClN3O3S.HI/c1-15-13(16-6-9-8-19-4-5-20-9)17-7-10(18)11-2-3-12(14)21-11;/h2-3,9-10,18H,4-8H2,1H3,(H2,15,16,17);1H. The number of nitrogens with one attached hydrogen (secondary N) is 2. The lowest BCUT2D eigenvalue weighted by Crippen LogP contribution is -2.45. The molecule has 1 aliphatic rings. The summed E-state index contributed by atoms with van der Waals surface area (Å²) in [7, 11) is 1.68. The Morgan fingerprint density at radius 2 is 2.32 bits per heavy atom. The van der Waals surface area contributed by atoms with Gasteiger partial charge in [-0.1, -0.05) is 11.6 Å². The van der Waals surface area contributed by atoms with Crippen LogP contribution in [0.25, 0.3) is 0 Å². The van der Waals surface area contributed by atoms with Gasteiger partial charge in [-0.3, -0.25) is 4.99 Å². The highest BCUT2D eigenvalue weighted by molar-refractivity contribution is 14.0. The Kier molecular flexibility index (Phi) is 9.60. The first-order valence-electron chi connectivity index (χ1n) is 6.76. The van der Waals surface area contributed by atoms with E-state index in [2.05, 4.69) is 15.6 Å². The van der Waals surface area contributed by atoms with E-state index in [1.165, 1.54) is 11.3 Å². The van der Waals surface area contributed by atoms with Crippen molar-refractivity contribution in [3.63, 3.8) is 0 Å². The number of nitrogens with zero attached hydrogens (tertiary/aromatic N) is 1. The SMILES string of the molecule is CN=C(NCC1COCCO1)NCC(O)c1ccc(Cl)s1.I. The fourth-order valence-electron chi connectivity index (χ4n) is 1.89. The second kappa shape index (κ2) is 10.6. The Bertz CT molecular complexity index is 469. The number of aliphatic hydroxyl groups is 1. The molecule has 1 aromatic rings. The van der Waals surface area contributed by atoms with Gasteiger partial charge in [0.2, 0.25) is 0 Å². The van der Waals surface area contributed by atoms with Crippen LogP contribution in [0.4, 0.5) is 0 Å². The molecule has 0 radical (unpaired) electrons. The quantitative estimate of drug-likeness (QED) is 0.353. The molecule has 22 heavy (non-hydrogen) atoms. The maximum absolute atomic E-state index is 10.1. The van der Waals surface area contributed by atoms with Crippen molar-refractivity contribution in [3.05, 3.63) is 21.3 Å². The fourth-order valence-corrected chi connectivity index (χ4v) is 2.93. The molecule has 126 valence electrons. The number of hydrogen-bond acceptors (Lipinski definition) is 5. The molecule has 2 heterocycles. The predicted molar refractivity (Wildman–Crippen MR) is 99.6 cm³/mol. The average molecular weight is 462 g/mol. The summed E-state index contributed by atoms with van der Waals surface area (Å²) >= 11 is 7.23. The minimum atomic E-state index is -0.615. The number of hydrogen-bond donors (Lipinski definition) is 3. The molecule has 0 bridgehead atoms. The van der Waals surface area contributed by atoms with Crippen molar-refractivity contribution < 1.29 is 14.6 Å². The lowest BCUT2D eigenvalue weighted by atomic mass is 10.3. The van der Waals surface area contributed by atoms with Gasteiger partial charge in [0.1, 0.15) is 6.10 Å². The van der Waals surface area contributed by atoms with Gasteiger partial charge >= 0.3 is 0 Å². The number of aliphatic imine (C=N–C) groups is 1. The minimum absolute atomic E-state index is 0. The third-order valence-corrected chi connectivity index (χ3v) is 4.32. The van der Waals surface area contributed by atoms with Crippen molar-refractivity contribution in [2.75, 3.05) is 40.0 Å². The summed E-state index contributed by atoms with van der Waals surface area (Å²) in [5.41, 5.74) is 0. The molecule has 0 aliphatic carbocycles. The molecule has 6 nitrogen and oxygen atoms in total. The predicted octanol–water partition coefficient (Wildman–Crippen LogP) is 1.63. The Morgan fingerprint density at radius 1 is 1.50 bits per heavy atom. The van der Waals surface area contributed by atoms with Crippen molar-refractivity contribution in [1.82, 2.24) is 10.6 Å². The van der Waals surface area contributed by atoms with Crippen LogP contribution in [0.1, 0.15) is 11.0 Å². The van der Waals surface area contributed by atoms with Crippen molar-refractivity contribution >= 4 is 52.9 Å². The normalized spacial score (nSPS) is 20.1. The molecule has 1 aliphatic heterocycles. The van der Waals surface area contributed by atoms with Gasteiger partial charge in [-0.05, 0) is 12.1 Å². The van der Waals surface area contributed by atoms with E-state index >= 15 is 0 Å². The van der Waals surface area contributed by atoms with Crippen LogP contribution in [0.5, 0.6) is 0 Å². The largest absolute Gasteiger partial charge is 0.386 e. The van der Waals surface area contributed by atoms with Crippen LogP contribution >= 0.6 is 46.9 Å². The molecular formula is C13H21ClIN3O3S. The first-order valence-corrected chi connectivity index (χ1v) is 7.95. The molecule has 1 fully saturated rings. The number of thiophene rings is 1. The summed E-state index contributed by atoms with van der Waals surface area (Å²) in [5, 5.41) is 16.3.